The van der Waals surface area contributed by atoms with E-state index in [1.165, 1.54) is 18.2 Å². The van der Waals surface area contributed by atoms with E-state index in [2.05, 4.69) is 15.4 Å². The van der Waals surface area contributed by atoms with Crippen molar-refractivity contribution in [2.45, 2.75) is 45.0 Å². The molecule has 0 aromatic heterocycles. The maximum atomic E-state index is 13.8. The van der Waals surface area contributed by atoms with E-state index in [-0.39, 0.29) is 11.5 Å². The van der Waals surface area contributed by atoms with E-state index in [0.717, 1.165) is 12.5 Å². The van der Waals surface area contributed by atoms with Crippen molar-refractivity contribution in [3.05, 3.63) is 93.5 Å². The van der Waals surface area contributed by atoms with Crippen LogP contribution in [0.4, 0.5) is 11.4 Å². The van der Waals surface area contributed by atoms with E-state index in [1.54, 1.807) is 50.2 Å². The monoisotopic (exact) mass is 626 g/mol. The minimum absolute atomic E-state index is 0.0757. The summed E-state index contributed by atoms with van der Waals surface area (Å²) in [5, 5.41) is 4.06. The van der Waals surface area contributed by atoms with Gasteiger partial charge in [0.05, 0.1) is 0 Å². The molecule has 0 radical (unpaired) electrons. The van der Waals surface area contributed by atoms with Crippen LogP contribution < -0.4 is 10.6 Å². The average Bonchev–Trinajstić information content (AvgIpc) is 3.13. The standard InChI is InChI=1S/C31H31ClN2O8S/c1-18-7-4-5-8-24(18)30(37)34-22-11-12-23(19(2)15-22)28(36)29(43(39,40)17-41-20(3)35)31(38)42-27-9-6-14-33-26-13-10-21(32)16-25(26)27/h4-5,7-8,10-13,15-16,27,29,33H,6,9,14,17H2,1-3H3,(H,34,37). The van der Waals surface area contributed by atoms with Crippen molar-refractivity contribution in [2.24, 2.45) is 0 Å². The summed E-state index contributed by atoms with van der Waals surface area (Å²) in [5.74, 6) is -4.80. The Hall–Kier alpha value is -4.22. The minimum Gasteiger partial charge on any atom is -0.456 e. The van der Waals surface area contributed by atoms with Crippen LogP contribution in [0.1, 0.15) is 63.3 Å². The van der Waals surface area contributed by atoms with Crippen LogP contribution in [0.5, 0.6) is 0 Å². The highest BCUT2D eigenvalue weighted by Gasteiger charge is 2.43. The molecular formula is C31H31ClN2O8S. The number of benzene rings is 3. The molecule has 10 nitrogen and oxygen atoms in total. The second-order valence-electron chi connectivity index (χ2n) is 10.2. The van der Waals surface area contributed by atoms with Crippen LogP contribution >= 0.6 is 11.6 Å². The van der Waals surface area contributed by atoms with E-state index in [1.807, 2.05) is 6.07 Å². The Morgan fingerprint density at radius 3 is 2.44 bits per heavy atom. The number of sulfone groups is 1. The fraction of sp³-hybridized carbons (Fsp3) is 0.290. The van der Waals surface area contributed by atoms with Crippen LogP contribution in [-0.4, -0.2) is 49.8 Å². The molecule has 4 rings (SSSR count). The van der Waals surface area contributed by atoms with Crippen LogP contribution in [-0.2, 0) is 28.9 Å². The molecule has 0 aliphatic carbocycles. The lowest BCUT2D eigenvalue weighted by atomic mass is 10.0. The van der Waals surface area contributed by atoms with Crippen LogP contribution in [0.25, 0.3) is 0 Å². The normalized spacial score (nSPS) is 15.2. The van der Waals surface area contributed by atoms with Crippen molar-refractivity contribution >= 4 is 56.4 Å². The van der Waals surface area contributed by atoms with Gasteiger partial charge in [-0.05, 0) is 80.3 Å². The SMILES string of the molecule is CC(=O)OCS(=O)(=O)C(C(=O)OC1CCCNc2ccc(Cl)cc21)C(=O)c1ccc(NC(=O)c2ccccc2C)cc1C. The number of anilines is 2. The van der Waals surface area contributed by atoms with Gasteiger partial charge in [-0.2, -0.15) is 0 Å². The molecule has 226 valence electrons. The zero-order chi connectivity index (χ0) is 31.3. The summed E-state index contributed by atoms with van der Waals surface area (Å²) >= 11 is 6.18. The summed E-state index contributed by atoms with van der Waals surface area (Å²) < 4.78 is 37.0. The molecule has 1 aliphatic rings. The van der Waals surface area contributed by atoms with Crippen LogP contribution in [0, 0.1) is 13.8 Å². The van der Waals surface area contributed by atoms with Crippen molar-refractivity contribution in [2.75, 3.05) is 23.1 Å². The van der Waals surface area contributed by atoms with Crippen LogP contribution in [0.3, 0.4) is 0 Å². The summed E-state index contributed by atoms with van der Waals surface area (Å²) in [6, 6.07) is 16.3. The predicted molar refractivity (Wildman–Crippen MR) is 162 cm³/mol. The van der Waals surface area contributed by atoms with Crippen molar-refractivity contribution in [3.63, 3.8) is 0 Å². The zero-order valence-corrected chi connectivity index (χ0v) is 25.4. The molecule has 0 fully saturated rings. The number of fused-ring (bicyclic) bond motifs is 1. The van der Waals surface area contributed by atoms with Crippen molar-refractivity contribution in [1.82, 2.24) is 0 Å². The van der Waals surface area contributed by atoms with E-state index >= 15 is 0 Å². The predicted octanol–water partition coefficient (Wildman–Crippen LogP) is 5.19. The first-order chi connectivity index (χ1) is 20.4. The number of aryl methyl sites for hydroxylation is 2. The fourth-order valence-electron chi connectivity index (χ4n) is 4.79. The van der Waals surface area contributed by atoms with Gasteiger partial charge >= 0.3 is 11.9 Å². The lowest BCUT2D eigenvalue weighted by Gasteiger charge is -2.22. The summed E-state index contributed by atoms with van der Waals surface area (Å²) in [4.78, 5) is 51.5. The van der Waals surface area contributed by atoms with Crippen LogP contribution in [0.2, 0.25) is 5.02 Å². The first-order valence-electron chi connectivity index (χ1n) is 13.5. The van der Waals surface area contributed by atoms with Gasteiger partial charge in [0, 0.05) is 46.6 Å². The Labute approximate surface area is 254 Å². The number of ketones is 1. The van der Waals surface area contributed by atoms with Crippen molar-refractivity contribution in [3.8, 4) is 0 Å². The molecule has 0 spiro atoms. The quantitative estimate of drug-likeness (QED) is 0.186. The van der Waals surface area contributed by atoms with E-state index in [9.17, 15) is 27.6 Å². The molecule has 3 aromatic carbocycles. The Kier molecular flexibility index (Phi) is 9.87. The molecule has 12 heteroatoms. The number of esters is 2. The molecule has 0 saturated heterocycles. The minimum atomic E-state index is -4.67. The van der Waals surface area contributed by atoms with E-state index in [4.69, 9.17) is 16.3 Å². The molecule has 43 heavy (non-hydrogen) atoms. The zero-order valence-electron chi connectivity index (χ0n) is 23.8. The number of nitrogens with one attached hydrogen (secondary N) is 2. The summed E-state index contributed by atoms with van der Waals surface area (Å²) in [5.41, 5.74) is 3.06. The maximum Gasteiger partial charge on any atom is 0.333 e. The van der Waals surface area contributed by atoms with Gasteiger partial charge in [-0.25, -0.2) is 8.42 Å². The molecule has 0 saturated carbocycles. The lowest BCUT2D eigenvalue weighted by molar-refractivity contribution is -0.148. The molecule has 1 amide bonds. The van der Waals surface area contributed by atoms with Gasteiger partial charge in [0.15, 0.2) is 11.7 Å². The second kappa shape index (κ2) is 13.4. The van der Waals surface area contributed by atoms with Gasteiger partial charge in [-0.3, -0.25) is 19.2 Å². The third-order valence-electron chi connectivity index (χ3n) is 6.95. The Bertz CT molecular complexity index is 1690. The number of Topliss-reactive ketones (excluding diaryl/α,β-unsaturated/α-hetero) is 1. The molecule has 1 aliphatic heterocycles. The number of carbonyl (C=O) groups excluding carboxylic acids is 4. The van der Waals surface area contributed by atoms with Gasteiger partial charge in [-0.15, -0.1) is 0 Å². The van der Waals surface area contributed by atoms with Gasteiger partial charge in [0.2, 0.25) is 15.1 Å². The Morgan fingerprint density at radius 2 is 1.74 bits per heavy atom. The molecular weight excluding hydrogens is 596 g/mol. The van der Waals surface area contributed by atoms with Crippen molar-refractivity contribution < 1.29 is 37.1 Å². The Balaban J connectivity index is 1.64. The first-order valence-corrected chi connectivity index (χ1v) is 15.6. The third kappa shape index (κ3) is 7.60. The van der Waals surface area contributed by atoms with Gasteiger partial charge in [-0.1, -0.05) is 29.8 Å². The lowest BCUT2D eigenvalue weighted by Crippen LogP contribution is -2.42. The molecule has 3 aromatic rings. The molecule has 2 atom stereocenters. The number of hydrogen-bond donors (Lipinski definition) is 2. The van der Waals surface area contributed by atoms with Gasteiger partial charge in [0.1, 0.15) is 6.10 Å². The smallest absolute Gasteiger partial charge is 0.333 e. The number of hydrogen-bond acceptors (Lipinski definition) is 9. The highest BCUT2D eigenvalue weighted by atomic mass is 35.5. The molecule has 2 unspecified atom stereocenters. The Morgan fingerprint density at radius 1 is 1.00 bits per heavy atom. The van der Waals surface area contributed by atoms with E-state index in [0.29, 0.717) is 52.5 Å². The third-order valence-corrected chi connectivity index (χ3v) is 8.76. The number of amides is 1. The second-order valence-corrected chi connectivity index (χ2v) is 12.7. The summed E-state index contributed by atoms with van der Waals surface area (Å²) in [6.45, 7) is 4.95. The van der Waals surface area contributed by atoms with Gasteiger partial charge in [0.25, 0.3) is 5.91 Å². The largest absolute Gasteiger partial charge is 0.456 e. The summed E-state index contributed by atoms with van der Waals surface area (Å²) in [6.07, 6.45) is 0.0685. The molecule has 0 bridgehead atoms. The number of rotatable bonds is 9. The topological polar surface area (TPSA) is 145 Å². The van der Waals surface area contributed by atoms with Gasteiger partial charge < -0.3 is 20.1 Å². The van der Waals surface area contributed by atoms with E-state index < -0.39 is 44.9 Å². The summed E-state index contributed by atoms with van der Waals surface area (Å²) in [7, 11) is -4.67. The highest BCUT2D eigenvalue weighted by Crippen LogP contribution is 2.35. The fourth-order valence-corrected chi connectivity index (χ4v) is 6.24. The highest BCUT2D eigenvalue weighted by molar-refractivity contribution is 7.93. The number of halogens is 1. The van der Waals surface area contributed by atoms with Crippen LogP contribution in [0.15, 0.2) is 60.7 Å². The number of carbonyl (C=O) groups is 4. The molecule has 1 heterocycles. The molecule has 2 N–H and O–H groups in total. The maximum absolute atomic E-state index is 13.8. The average molecular weight is 627 g/mol. The number of ether oxygens (including phenoxy) is 2. The van der Waals surface area contributed by atoms with Crippen molar-refractivity contribution in [1.29, 1.82) is 0 Å². The first kappa shape index (κ1) is 31.7.